The van der Waals surface area contributed by atoms with Gasteiger partial charge in [0.1, 0.15) is 6.54 Å². The predicted octanol–water partition coefficient (Wildman–Crippen LogP) is 8.15. The minimum absolute atomic E-state index is 0.125. The van der Waals surface area contributed by atoms with Gasteiger partial charge < -0.3 is 14.3 Å². The van der Waals surface area contributed by atoms with Crippen LogP contribution in [0.4, 0.5) is 0 Å². The van der Waals surface area contributed by atoms with E-state index in [4.69, 9.17) is 9.84 Å². The molecule has 5 nitrogen and oxygen atoms in total. The Bertz CT molecular complexity index is 515. The summed E-state index contributed by atoms with van der Waals surface area (Å²) in [5.41, 5.74) is 0. The van der Waals surface area contributed by atoms with Gasteiger partial charge in [-0.15, -0.1) is 0 Å². The van der Waals surface area contributed by atoms with E-state index in [-0.39, 0.29) is 12.4 Å². The molecule has 1 N–H and O–H groups in total. The number of rotatable bonds is 25. The maximum absolute atomic E-state index is 12.1. The van der Waals surface area contributed by atoms with E-state index in [1.165, 1.54) is 103 Å². The van der Waals surface area contributed by atoms with Crippen molar-refractivity contribution >= 4 is 11.9 Å². The highest BCUT2D eigenvalue weighted by atomic mass is 16.5. The van der Waals surface area contributed by atoms with Crippen LogP contribution < -0.4 is 0 Å². The van der Waals surface area contributed by atoms with Gasteiger partial charge in [0.05, 0.1) is 27.6 Å². The van der Waals surface area contributed by atoms with Gasteiger partial charge in [-0.05, 0) is 12.3 Å². The third-order valence-corrected chi connectivity index (χ3v) is 6.83. The van der Waals surface area contributed by atoms with Crippen LogP contribution in [0.25, 0.3) is 0 Å². The minimum Gasteiger partial charge on any atom is -0.481 e. The topological polar surface area (TPSA) is 63.6 Å². The van der Waals surface area contributed by atoms with Crippen LogP contribution in [0.3, 0.4) is 0 Å². The molecule has 35 heavy (non-hydrogen) atoms. The van der Waals surface area contributed by atoms with Crippen molar-refractivity contribution in [1.82, 2.24) is 0 Å². The number of quaternary nitrogens is 1. The largest absolute Gasteiger partial charge is 0.481 e. The molecule has 0 aromatic carbocycles. The van der Waals surface area contributed by atoms with Gasteiger partial charge in [0, 0.05) is 6.42 Å². The number of carboxylic acid groups (broad SMARTS) is 1. The maximum atomic E-state index is 12.1. The molecule has 0 saturated heterocycles. The van der Waals surface area contributed by atoms with Gasteiger partial charge in [0.2, 0.25) is 0 Å². The number of carbonyl (C=O) groups is 2. The highest BCUT2D eigenvalue weighted by Crippen LogP contribution is 2.18. The number of nitrogens with zero attached hydrogens (tertiary/aromatic N) is 1. The smallest absolute Gasteiger partial charge is 0.307 e. The quantitative estimate of drug-likeness (QED) is 0.0783. The van der Waals surface area contributed by atoms with Gasteiger partial charge in [-0.2, -0.15) is 0 Å². The Kier molecular flexibility index (Phi) is 21.4. The van der Waals surface area contributed by atoms with Gasteiger partial charge in [-0.3, -0.25) is 9.59 Å². The van der Waals surface area contributed by atoms with Gasteiger partial charge in [-0.25, -0.2) is 0 Å². The fraction of sp³-hybridized carbons (Fsp3) is 0.933. The van der Waals surface area contributed by atoms with Gasteiger partial charge in [0.15, 0.2) is 6.10 Å². The summed E-state index contributed by atoms with van der Waals surface area (Å²) in [5.74, 6) is -0.256. The summed E-state index contributed by atoms with van der Waals surface area (Å²) in [4.78, 5) is 23.1. The summed E-state index contributed by atoms with van der Waals surface area (Å²) in [5, 5.41) is 9.05. The SMILES string of the molecule is CCCCC(C)CCCCCCCCCCCCCCCCC(=O)OC(CC(=O)O)C[N+](C)(C)C. The molecule has 0 aliphatic carbocycles. The lowest BCUT2D eigenvalue weighted by atomic mass is 9.97. The van der Waals surface area contributed by atoms with E-state index < -0.39 is 12.1 Å². The van der Waals surface area contributed by atoms with Crippen molar-refractivity contribution in [3.8, 4) is 0 Å². The fourth-order valence-electron chi connectivity index (χ4n) is 4.77. The van der Waals surface area contributed by atoms with Crippen LogP contribution in [0.5, 0.6) is 0 Å². The molecule has 0 saturated carbocycles. The molecular formula is C30H60NO4+. The fourth-order valence-corrected chi connectivity index (χ4v) is 4.77. The molecule has 0 bridgehead atoms. The van der Waals surface area contributed by atoms with Gasteiger partial charge >= 0.3 is 11.9 Å². The maximum Gasteiger partial charge on any atom is 0.307 e. The standard InChI is InChI=1S/C30H59NO4/c1-6-7-22-27(2)23-20-18-16-14-12-10-8-9-11-13-15-17-19-21-24-30(34)35-28(25-29(32)33)26-31(3,4)5/h27-28H,6-26H2,1-5H3/p+1. The molecule has 5 heteroatoms. The number of hydrogen-bond acceptors (Lipinski definition) is 3. The van der Waals surface area contributed by atoms with Crippen LogP contribution in [-0.4, -0.2) is 55.3 Å². The number of hydrogen-bond donors (Lipinski definition) is 1. The van der Waals surface area contributed by atoms with Crippen molar-refractivity contribution in [3.63, 3.8) is 0 Å². The number of aliphatic carboxylic acids is 1. The van der Waals surface area contributed by atoms with Crippen molar-refractivity contribution in [3.05, 3.63) is 0 Å². The average molecular weight is 499 g/mol. The first-order valence-corrected chi connectivity index (χ1v) is 14.9. The third kappa shape index (κ3) is 25.8. The van der Waals surface area contributed by atoms with E-state index in [1.807, 2.05) is 21.1 Å². The average Bonchev–Trinajstić information content (AvgIpc) is 2.75. The third-order valence-electron chi connectivity index (χ3n) is 6.83. The Balaban J connectivity index is 3.48. The molecule has 2 unspecified atom stereocenters. The second-order valence-corrected chi connectivity index (χ2v) is 11.9. The highest BCUT2D eigenvalue weighted by molar-refractivity contribution is 5.71. The van der Waals surface area contributed by atoms with Crippen molar-refractivity contribution in [2.24, 2.45) is 5.92 Å². The first kappa shape index (κ1) is 33.9. The first-order valence-electron chi connectivity index (χ1n) is 14.9. The lowest BCUT2D eigenvalue weighted by Crippen LogP contribution is -2.43. The molecular weight excluding hydrogens is 438 g/mol. The Hall–Kier alpha value is -1.10. The lowest BCUT2D eigenvalue weighted by Gasteiger charge is -2.28. The molecule has 0 aliphatic rings. The number of unbranched alkanes of at least 4 members (excludes halogenated alkanes) is 14. The van der Waals surface area contributed by atoms with Crippen LogP contribution in [0.15, 0.2) is 0 Å². The summed E-state index contributed by atoms with van der Waals surface area (Å²) in [6, 6.07) is 0. The first-order chi connectivity index (χ1) is 16.6. The predicted molar refractivity (Wildman–Crippen MR) is 148 cm³/mol. The van der Waals surface area contributed by atoms with Gasteiger partial charge in [0.25, 0.3) is 0 Å². The van der Waals surface area contributed by atoms with Crippen molar-refractivity contribution in [2.75, 3.05) is 27.7 Å². The summed E-state index contributed by atoms with van der Waals surface area (Å²) < 4.78 is 6.02. The van der Waals surface area contributed by atoms with Crippen molar-refractivity contribution in [1.29, 1.82) is 0 Å². The summed E-state index contributed by atoms with van der Waals surface area (Å²) in [6.07, 6.45) is 23.4. The van der Waals surface area contributed by atoms with E-state index in [1.54, 1.807) is 0 Å². The normalized spacial score (nSPS) is 13.5. The lowest BCUT2D eigenvalue weighted by molar-refractivity contribution is -0.873. The Morgan fingerprint density at radius 1 is 0.714 bits per heavy atom. The van der Waals surface area contributed by atoms with E-state index in [0.29, 0.717) is 17.4 Å². The Morgan fingerprint density at radius 3 is 1.57 bits per heavy atom. The molecule has 2 atom stereocenters. The number of carboxylic acids is 1. The second kappa shape index (κ2) is 22.1. The van der Waals surface area contributed by atoms with E-state index in [2.05, 4.69) is 13.8 Å². The Morgan fingerprint density at radius 2 is 1.14 bits per heavy atom. The molecule has 0 aliphatic heterocycles. The molecule has 0 radical (unpaired) electrons. The number of likely N-dealkylation sites (N-methyl/N-ethyl adjacent to an activating group) is 1. The van der Waals surface area contributed by atoms with Crippen molar-refractivity contribution < 1.29 is 23.9 Å². The zero-order valence-electron chi connectivity index (χ0n) is 24.1. The van der Waals surface area contributed by atoms with E-state index >= 15 is 0 Å². The summed E-state index contributed by atoms with van der Waals surface area (Å²) in [6.45, 7) is 5.21. The molecule has 0 rings (SSSR count). The van der Waals surface area contributed by atoms with Crippen LogP contribution >= 0.6 is 0 Å². The number of esters is 1. The molecule has 0 spiro atoms. The zero-order valence-corrected chi connectivity index (χ0v) is 24.1. The monoisotopic (exact) mass is 498 g/mol. The van der Waals surface area contributed by atoms with Crippen LogP contribution in [0, 0.1) is 5.92 Å². The molecule has 0 fully saturated rings. The highest BCUT2D eigenvalue weighted by Gasteiger charge is 2.24. The van der Waals surface area contributed by atoms with Crippen LogP contribution in [0.1, 0.15) is 142 Å². The minimum atomic E-state index is -0.922. The van der Waals surface area contributed by atoms with Gasteiger partial charge in [-0.1, -0.05) is 123 Å². The molecule has 0 amide bonds. The van der Waals surface area contributed by atoms with E-state index in [0.717, 1.165) is 18.8 Å². The zero-order chi connectivity index (χ0) is 26.4. The van der Waals surface area contributed by atoms with Crippen LogP contribution in [0.2, 0.25) is 0 Å². The molecule has 0 aromatic rings. The molecule has 0 heterocycles. The molecule has 0 aromatic heterocycles. The van der Waals surface area contributed by atoms with Crippen molar-refractivity contribution in [2.45, 2.75) is 148 Å². The van der Waals surface area contributed by atoms with E-state index in [9.17, 15) is 9.59 Å². The summed E-state index contributed by atoms with van der Waals surface area (Å²) >= 11 is 0. The number of ether oxygens (including phenoxy) is 1. The number of carbonyl (C=O) groups excluding carboxylic acids is 1. The molecule has 208 valence electrons. The summed E-state index contributed by atoms with van der Waals surface area (Å²) in [7, 11) is 5.92. The Labute approximate surface area is 218 Å². The van der Waals surface area contributed by atoms with Crippen LogP contribution in [-0.2, 0) is 14.3 Å². The second-order valence-electron chi connectivity index (χ2n) is 11.9.